The van der Waals surface area contributed by atoms with E-state index in [0.717, 1.165) is 29.5 Å². The van der Waals surface area contributed by atoms with Crippen molar-refractivity contribution in [1.29, 1.82) is 0 Å². The minimum atomic E-state index is -0.237. The van der Waals surface area contributed by atoms with Gasteiger partial charge in [0.15, 0.2) is 5.82 Å². The maximum atomic E-state index is 12.3. The summed E-state index contributed by atoms with van der Waals surface area (Å²) in [6.45, 7) is 0.901. The number of benzene rings is 1. The van der Waals surface area contributed by atoms with E-state index in [9.17, 15) is 4.79 Å². The van der Waals surface area contributed by atoms with Crippen molar-refractivity contribution in [3.63, 3.8) is 0 Å². The molecule has 2 aromatic heterocycles. The summed E-state index contributed by atoms with van der Waals surface area (Å²) in [4.78, 5) is 19.7. The SMILES string of the molecule is COc1ccc2[nH]c(C(=O)NCc3noc([C@@H]4CCCO4)n3)cc2c1. The van der Waals surface area contributed by atoms with Crippen LogP contribution >= 0.6 is 0 Å². The van der Waals surface area contributed by atoms with Crippen molar-refractivity contribution in [2.45, 2.75) is 25.5 Å². The Kier molecular flexibility index (Phi) is 4.10. The molecule has 1 amide bonds. The number of fused-ring (bicyclic) bond motifs is 1. The number of hydrogen-bond donors (Lipinski definition) is 2. The number of aromatic amines is 1. The number of amides is 1. The molecule has 1 aliphatic rings. The summed E-state index contributed by atoms with van der Waals surface area (Å²) in [5, 5.41) is 7.57. The van der Waals surface area contributed by atoms with E-state index in [1.807, 2.05) is 18.2 Å². The molecule has 1 aromatic carbocycles. The number of nitrogens with one attached hydrogen (secondary N) is 2. The first kappa shape index (κ1) is 15.6. The van der Waals surface area contributed by atoms with E-state index < -0.39 is 0 Å². The third-order valence-electron chi connectivity index (χ3n) is 4.17. The lowest BCUT2D eigenvalue weighted by Gasteiger charge is -2.01. The van der Waals surface area contributed by atoms with Gasteiger partial charge >= 0.3 is 0 Å². The van der Waals surface area contributed by atoms with E-state index in [0.29, 0.717) is 24.0 Å². The van der Waals surface area contributed by atoms with Crippen molar-refractivity contribution >= 4 is 16.8 Å². The van der Waals surface area contributed by atoms with E-state index in [1.54, 1.807) is 13.2 Å². The van der Waals surface area contributed by atoms with Gasteiger partial charge in [0.1, 0.15) is 17.5 Å². The Bertz CT molecular complexity index is 895. The van der Waals surface area contributed by atoms with Crippen molar-refractivity contribution in [3.05, 3.63) is 41.7 Å². The lowest BCUT2D eigenvalue weighted by atomic mass is 10.2. The third-order valence-corrected chi connectivity index (χ3v) is 4.17. The Balaban J connectivity index is 1.41. The van der Waals surface area contributed by atoms with E-state index in [-0.39, 0.29) is 18.6 Å². The largest absolute Gasteiger partial charge is 0.497 e. The second kappa shape index (κ2) is 6.56. The number of methoxy groups -OCH3 is 1. The van der Waals surface area contributed by atoms with Crippen molar-refractivity contribution in [2.75, 3.05) is 13.7 Å². The van der Waals surface area contributed by atoms with Crippen LogP contribution in [0.25, 0.3) is 10.9 Å². The number of carbonyl (C=O) groups is 1. The highest BCUT2D eigenvalue weighted by atomic mass is 16.5. The van der Waals surface area contributed by atoms with Crippen LogP contribution in [-0.2, 0) is 11.3 Å². The molecule has 1 atom stereocenters. The molecule has 4 rings (SSSR count). The van der Waals surface area contributed by atoms with Crippen molar-refractivity contribution in [1.82, 2.24) is 20.4 Å². The summed E-state index contributed by atoms with van der Waals surface area (Å²) in [6, 6.07) is 7.36. The van der Waals surface area contributed by atoms with Crippen LogP contribution in [0.15, 0.2) is 28.8 Å². The number of aromatic nitrogens is 3. The van der Waals surface area contributed by atoms with Gasteiger partial charge in [-0.3, -0.25) is 4.79 Å². The first-order valence-corrected chi connectivity index (χ1v) is 8.12. The minimum Gasteiger partial charge on any atom is -0.497 e. The van der Waals surface area contributed by atoms with Gasteiger partial charge in [0.05, 0.1) is 13.7 Å². The Morgan fingerprint density at radius 1 is 1.44 bits per heavy atom. The summed E-state index contributed by atoms with van der Waals surface area (Å²) in [7, 11) is 1.61. The Morgan fingerprint density at radius 2 is 2.36 bits per heavy atom. The van der Waals surface area contributed by atoms with Crippen molar-refractivity contribution < 1.29 is 18.8 Å². The molecule has 0 spiro atoms. The van der Waals surface area contributed by atoms with Gasteiger partial charge in [-0.2, -0.15) is 4.98 Å². The second-order valence-electron chi connectivity index (χ2n) is 5.87. The molecular formula is C17H18N4O4. The lowest BCUT2D eigenvalue weighted by Crippen LogP contribution is -2.23. The molecule has 25 heavy (non-hydrogen) atoms. The standard InChI is InChI=1S/C17H18N4O4/c1-23-11-4-5-12-10(7-11)8-13(19-12)16(22)18-9-15-20-17(25-21-15)14-3-2-6-24-14/h4-5,7-8,14,19H,2-3,6,9H2,1H3,(H,18,22)/t14-/m0/s1. The molecule has 8 nitrogen and oxygen atoms in total. The van der Waals surface area contributed by atoms with Crippen LogP contribution in [0.5, 0.6) is 5.75 Å². The van der Waals surface area contributed by atoms with Gasteiger partial charge in [0, 0.05) is 17.5 Å². The van der Waals surface area contributed by atoms with Gasteiger partial charge in [-0.1, -0.05) is 5.16 Å². The monoisotopic (exact) mass is 342 g/mol. The molecule has 0 aliphatic carbocycles. The Hall–Kier alpha value is -2.87. The quantitative estimate of drug-likeness (QED) is 0.738. The van der Waals surface area contributed by atoms with Crippen LogP contribution in [0.4, 0.5) is 0 Å². The average Bonchev–Trinajstić information content (AvgIpc) is 3.38. The normalized spacial score (nSPS) is 17.1. The maximum absolute atomic E-state index is 12.3. The zero-order valence-corrected chi connectivity index (χ0v) is 13.7. The zero-order valence-electron chi connectivity index (χ0n) is 13.7. The Morgan fingerprint density at radius 3 is 3.16 bits per heavy atom. The van der Waals surface area contributed by atoms with Crippen LogP contribution in [0.1, 0.15) is 41.1 Å². The molecule has 2 N–H and O–H groups in total. The highest BCUT2D eigenvalue weighted by Gasteiger charge is 2.24. The van der Waals surface area contributed by atoms with Gasteiger partial charge < -0.3 is 24.3 Å². The van der Waals surface area contributed by atoms with Gasteiger partial charge in [-0.05, 0) is 37.1 Å². The zero-order chi connectivity index (χ0) is 17.2. The number of rotatable bonds is 5. The fourth-order valence-electron chi connectivity index (χ4n) is 2.86. The number of H-pyrrole nitrogens is 1. The molecule has 1 aliphatic heterocycles. The summed E-state index contributed by atoms with van der Waals surface area (Å²) in [5.41, 5.74) is 1.33. The topological polar surface area (TPSA) is 102 Å². The fraction of sp³-hybridized carbons (Fsp3) is 0.353. The second-order valence-corrected chi connectivity index (χ2v) is 5.87. The molecule has 0 unspecified atom stereocenters. The van der Waals surface area contributed by atoms with Crippen LogP contribution in [-0.4, -0.2) is 34.7 Å². The van der Waals surface area contributed by atoms with Crippen LogP contribution < -0.4 is 10.1 Å². The molecule has 3 heterocycles. The molecule has 0 bridgehead atoms. The lowest BCUT2D eigenvalue weighted by molar-refractivity contribution is 0.0835. The molecular weight excluding hydrogens is 324 g/mol. The smallest absolute Gasteiger partial charge is 0.268 e. The highest BCUT2D eigenvalue weighted by molar-refractivity contribution is 5.98. The number of nitrogens with zero attached hydrogens (tertiary/aromatic N) is 2. The van der Waals surface area contributed by atoms with Crippen LogP contribution in [0.2, 0.25) is 0 Å². The maximum Gasteiger partial charge on any atom is 0.268 e. The van der Waals surface area contributed by atoms with E-state index >= 15 is 0 Å². The van der Waals surface area contributed by atoms with Crippen molar-refractivity contribution in [2.24, 2.45) is 0 Å². The summed E-state index contributed by atoms with van der Waals surface area (Å²) in [5.74, 6) is 1.40. The molecule has 130 valence electrons. The number of carbonyl (C=O) groups excluding carboxylic acids is 1. The predicted octanol–water partition coefficient (Wildman–Crippen LogP) is 2.34. The molecule has 8 heteroatoms. The summed E-state index contributed by atoms with van der Waals surface area (Å²) >= 11 is 0. The predicted molar refractivity (Wildman–Crippen MR) is 88.2 cm³/mol. The summed E-state index contributed by atoms with van der Waals surface area (Å²) in [6.07, 6.45) is 1.75. The first-order valence-electron chi connectivity index (χ1n) is 8.12. The molecule has 1 saturated heterocycles. The third kappa shape index (κ3) is 3.20. The van der Waals surface area contributed by atoms with E-state index in [1.165, 1.54) is 0 Å². The number of ether oxygens (including phenoxy) is 2. The average molecular weight is 342 g/mol. The fourth-order valence-corrected chi connectivity index (χ4v) is 2.86. The van der Waals surface area contributed by atoms with E-state index in [2.05, 4.69) is 20.4 Å². The minimum absolute atomic E-state index is 0.124. The first-order chi connectivity index (χ1) is 12.2. The van der Waals surface area contributed by atoms with Gasteiger partial charge in [-0.25, -0.2) is 0 Å². The highest BCUT2D eigenvalue weighted by Crippen LogP contribution is 2.27. The van der Waals surface area contributed by atoms with Crippen LogP contribution in [0, 0.1) is 0 Å². The van der Waals surface area contributed by atoms with Gasteiger partial charge in [-0.15, -0.1) is 0 Å². The molecule has 0 saturated carbocycles. The molecule has 3 aromatic rings. The van der Waals surface area contributed by atoms with Crippen LogP contribution in [0.3, 0.4) is 0 Å². The number of hydrogen-bond acceptors (Lipinski definition) is 6. The Labute approximate surface area is 143 Å². The summed E-state index contributed by atoms with van der Waals surface area (Å²) < 4.78 is 15.9. The van der Waals surface area contributed by atoms with Gasteiger partial charge in [0.25, 0.3) is 11.8 Å². The van der Waals surface area contributed by atoms with Crippen molar-refractivity contribution in [3.8, 4) is 5.75 Å². The van der Waals surface area contributed by atoms with Gasteiger partial charge in [0.2, 0.25) is 0 Å². The van der Waals surface area contributed by atoms with E-state index in [4.69, 9.17) is 14.0 Å². The molecule has 1 fully saturated rings. The molecule has 0 radical (unpaired) electrons.